The lowest BCUT2D eigenvalue weighted by Crippen LogP contribution is -2.39. The average molecular weight is 318 g/mol. The molecule has 120 valence electrons. The van der Waals surface area contributed by atoms with Crippen LogP contribution < -0.4 is 4.74 Å². The molecule has 2 N–H and O–H groups in total. The molecule has 0 heterocycles. The number of halogens is 1. The molecule has 23 heavy (non-hydrogen) atoms. The number of carboxylic acids is 2. The van der Waals surface area contributed by atoms with Crippen molar-refractivity contribution in [2.75, 3.05) is 7.11 Å². The highest BCUT2D eigenvalue weighted by Gasteiger charge is 2.44. The van der Waals surface area contributed by atoms with Gasteiger partial charge in [0, 0.05) is 0 Å². The summed E-state index contributed by atoms with van der Waals surface area (Å²) in [6.45, 7) is 0. The molecule has 2 aromatic rings. The van der Waals surface area contributed by atoms with Crippen molar-refractivity contribution in [2.24, 2.45) is 0 Å². The fourth-order valence-corrected chi connectivity index (χ4v) is 2.53. The standard InChI is InChI=1S/C17H15FO5/c1-23-14-8-4-12(5-9-14)17(16(21)22,10-15(19)20)11-2-6-13(18)7-3-11/h2-9H,10H2,1H3,(H,19,20)(H,21,22). The Kier molecular flexibility index (Phi) is 4.64. The predicted molar refractivity (Wildman–Crippen MR) is 80.1 cm³/mol. The molecule has 0 spiro atoms. The lowest BCUT2D eigenvalue weighted by molar-refractivity contribution is -0.148. The molecule has 0 saturated carbocycles. The molecular formula is C17H15FO5. The van der Waals surface area contributed by atoms with Crippen LogP contribution in [0.15, 0.2) is 48.5 Å². The molecule has 0 aromatic heterocycles. The van der Waals surface area contributed by atoms with Gasteiger partial charge in [-0.05, 0) is 35.4 Å². The summed E-state index contributed by atoms with van der Waals surface area (Å²) in [6, 6.07) is 10.9. The van der Waals surface area contributed by atoms with Gasteiger partial charge in [-0.3, -0.25) is 9.59 Å². The molecule has 1 atom stereocenters. The Morgan fingerprint density at radius 3 is 1.87 bits per heavy atom. The van der Waals surface area contributed by atoms with E-state index in [4.69, 9.17) is 4.74 Å². The first-order chi connectivity index (χ1) is 10.9. The number of hydrogen-bond acceptors (Lipinski definition) is 3. The summed E-state index contributed by atoms with van der Waals surface area (Å²) < 4.78 is 18.2. The van der Waals surface area contributed by atoms with Crippen molar-refractivity contribution in [3.8, 4) is 5.75 Å². The minimum atomic E-state index is -1.81. The molecule has 0 aliphatic rings. The summed E-state index contributed by atoms with van der Waals surface area (Å²) in [6.07, 6.45) is -0.666. The molecular weight excluding hydrogens is 303 g/mol. The van der Waals surface area contributed by atoms with Gasteiger partial charge in [0.05, 0.1) is 13.5 Å². The van der Waals surface area contributed by atoms with E-state index in [1.165, 1.54) is 31.4 Å². The van der Waals surface area contributed by atoms with Gasteiger partial charge >= 0.3 is 11.9 Å². The normalized spacial score (nSPS) is 13.1. The van der Waals surface area contributed by atoms with Crippen LogP contribution in [0.3, 0.4) is 0 Å². The first-order valence-electron chi connectivity index (χ1n) is 6.76. The third kappa shape index (κ3) is 3.15. The van der Waals surface area contributed by atoms with Crippen LogP contribution in [0, 0.1) is 5.82 Å². The molecule has 2 rings (SSSR count). The van der Waals surface area contributed by atoms with E-state index < -0.39 is 29.6 Å². The van der Waals surface area contributed by atoms with Crippen molar-refractivity contribution < 1.29 is 28.9 Å². The molecule has 6 heteroatoms. The number of rotatable bonds is 6. The minimum Gasteiger partial charge on any atom is -0.497 e. The number of methoxy groups -OCH3 is 1. The van der Waals surface area contributed by atoms with Crippen LogP contribution in [0.5, 0.6) is 5.75 Å². The summed E-state index contributed by atoms with van der Waals surface area (Å²) >= 11 is 0. The summed E-state index contributed by atoms with van der Waals surface area (Å²) in [5.41, 5.74) is -1.34. The number of carbonyl (C=O) groups is 2. The fourth-order valence-electron chi connectivity index (χ4n) is 2.53. The Bertz CT molecular complexity index is 709. The van der Waals surface area contributed by atoms with Crippen LogP contribution in [0.2, 0.25) is 0 Å². The van der Waals surface area contributed by atoms with Gasteiger partial charge in [-0.15, -0.1) is 0 Å². The number of hydrogen-bond donors (Lipinski definition) is 2. The number of ether oxygens (including phenoxy) is 1. The van der Waals surface area contributed by atoms with Gasteiger partial charge in [0.2, 0.25) is 0 Å². The van der Waals surface area contributed by atoms with Gasteiger partial charge < -0.3 is 14.9 Å². The van der Waals surface area contributed by atoms with Crippen molar-refractivity contribution in [1.82, 2.24) is 0 Å². The third-order valence-corrected chi connectivity index (χ3v) is 3.70. The van der Waals surface area contributed by atoms with Crippen molar-refractivity contribution >= 4 is 11.9 Å². The van der Waals surface area contributed by atoms with E-state index in [0.717, 1.165) is 12.1 Å². The van der Waals surface area contributed by atoms with E-state index in [1.54, 1.807) is 12.1 Å². The highest BCUT2D eigenvalue weighted by molar-refractivity contribution is 5.91. The van der Waals surface area contributed by atoms with E-state index in [0.29, 0.717) is 5.75 Å². The average Bonchev–Trinajstić information content (AvgIpc) is 2.53. The zero-order valence-corrected chi connectivity index (χ0v) is 12.3. The van der Waals surface area contributed by atoms with E-state index in [9.17, 15) is 24.2 Å². The van der Waals surface area contributed by atoms with Gasteiger partial charge in [0.15, 0.2) is 0 Å². The highest BCUT2D eigenvalue weighted by Crippen LogP contribution is 2.37. The summed E-state index contributed by atoms with van der Waals surface area (Å²) in [4.78, 5) is 23.3. The molecule has 0 fully saturated rings. The van der Waals surface area contributed by atoms with Crippen LogP contribution in [0.4, 0.5) is 4.39 Å². The Hall–Kier alpha value is -2.89. The summed E-state index contributed by atoms with van der Waals surface area (Å²) in [7, 11) is 1.47. The first-order valence-corrected chi connectivity index (χ1v) is 6.76. The molecule has 0 bridgehead atoms. The number of benzene rings is 2. The Labute approximate surface area is 132 Å². The topological polar surface area (TPSA) is 83.8 Å². The zero-order valence-electron chi connectivity index (χ0n) is 12.3. The minimum absolute atomic E-state index is 0.193. The second-order valence-corrected chi connectivity index (χ2v) is 5.02. The Balaban J connectivity index is 2.67. The number of carboxylic acid groups (broad SMARTS) is 2. The van der Waals surface area contributed by atoms with Gasteiger partial charge in [-0.1, -0.05) is 24.3 Å². The van der Waals surface area contributed by atoms with E-state index in [-0.39, 0.29) is 11.1 Å². The lowest BCUT2D eigenvalue weighted by Gasteiger charge is -2.29. The van der Waals surface area contributed by atoms with E-state index in [1.807, 2.05) is 0 Å². The maximum absolute atomic E-state index is 13.2. The van der Waals surface area contributed by atoms with Crippen LogP contribution in [-0.2, 0) is 15.0 Å². The summed E-state index contributed by atoms with van der Waals surface area (Å²) in [5, 5.41) is 19.0. The van der Waals surface area contributed by atoms with Crippen LogP contribution >= 0.6 is 0 Å². The van der Waals surface area contributed by atoms with E-state index >= 15 is 0 Å². The Morgan fingerprint density at radius 2 is 1.48 bits per heavy atom. The fraction of sp³-hybridized carbons (Fsp3) is 0.176. The molecule has 0 amide bonds. The van der Waals surface area contributed by atoms with Crippen molar-refractivity contribution in [3.63, 3.8) is 0 Å². The lowest BCUT2D eigenvalue weighted by atomic mass is 9.72. The molecule has 0 aliphatic heterocycles. The van der Waals surface area contributed by atoms with Crippen molar-refractivity contribution in [2.45, 2.75) is 11.8 Å². The molecule has 0 saturated heterocycles. The highest BCUT2D eigenvalue weighted by atomic mass is 19.1. The third-order valence-electron chi connectivity index (χ3n) is 3.70. The first kappa shape index (κ1) is 16.5. The Morgan fingerprint density at radius 1 is 1.00 bits per heavy atom. The molecule has 1 unspecified atom stereocenters. The molecule has 0 aliphatic carbocycles. The molecule has 0 radical (unpaired) electrons. The molecule has 2 aromatic carbocycles. The second-order valence-electron chi connectivity index (χ2n) is 5.02. The van der Waals surface area contributed by atoms with Gasteiger partial charge in [0.1, 0.15) is 17.0 Å². The maximum atomic E-state index is 13.2. The molecule has 5 nitrogen and oxygen atoms in total. The van der Waals surface area contributed by atoms with Crippen molar-refractivity contribution in [3.05, 3.63) is 65.5 Å². The van der Waals surface area contributed by atoms with Crippen LogP contribution in [0.1, 0.15) is 17.5 Å². The SMILES string of the molecule is COc1ccc(C(CC(=O)O)(C(=O)O)c2ccc(F)cc2)cc1. The maximum Gasteiger partial charge on any atom is 0.319 e. The van der Waals surface area contributed by atoms with Gasteiger partial charge in [-0.25, -0.2) is 4.39 Å². The van der Waals surface area contributed by atoms with E-state index in [2.05, 4.69) is 0 Å². The van der Waals surface area contributed by atoms with Crippen LogP contribution in [0.25, 0.3) is 0 Å². The van der Waals surface area contributed by atoms with Gasteiger partial charge in [-0.2, -0.15) is 0 Å². The monoisotopic (exact) mass is 318 g/mol. The quantitative estimate of drug-likeness (QED) is 0.855. The summed E-state index contributed by atoms with van der Waals surface area (Å²) in [5.74, 6) is -2.61. The van der Waals surface area contributed by atoms with Crippen molar-refractivity contribution in [1.29, 1.82) is 0 Å². The number of aliphatic carboxylic acids is 2. The largest absolute Gasteiger partial charge is 0.497 e. The second kappa shape index (κ2) is 6.48. The smallest absolute Gasteiger partial charge is 0.319 e. The van der Waals surface area contributed by atoms with Crippen LogP contribution in [-0.4, -0.2) is 29.3 Å². The van der Waals surface area contributed by atoms with Gasteiger partial charge in [0.25, 0.3) is 0 Å². The zero-order chi connectivity index (χ0) is 17.0. The predicted octanol–water partition coefficient (Wildman–Crippen LogP) is 2.68.